The Balaban J connectivity index is 2.53. The van der Waals surface area contributed by atoms with Gasteiger partial charge in [-0.05, 0) is 25.7 Å². The molecule has 0 amide bonds. The third kappa shape index (κ3) is 1.67. The molecule has 0 atom stereocenters. The Morgan fingerprint density at radius 1 is 1.40 bits per heavy atom. The van der Waals surface area contributed by atoms with Crippen molar-refractivity contribution in [3.63, 3.8) is 0 Å². The zero-order chi connectivity index (χ0) is 10.8. The number of carbonyl (C=O) groups is 1. The highest BCUT2D eigenvalue weighted by Crippen LogP contribution is 2.16. The Labute approximate surface area is 87.3 Å². The number of ether oxygens (including phenoxy) is 1. The fraction of sp³-hybridized carbons (Fsp3) is 0.455. The summed E-state index contributed by atoms with van der Waals surface area (Å²) in [4.78, 5) is 26.2. The van der Waals surface area contributed by atoms with Crippen molar-refractivity contribution in [1.29, 1.82) is 0 Å². The number of rotatable bonds is 1. The first-order valence-electron chi connectivity index (χ1n) is 5.06. The van der Waals surface area contributed by atoms with E-state index in [0.717, 1.165) is 36.9 Å². The first-order chi connectivity index (χ1) is 7.24. The Morgan fingerprint density at radius 2 is 2.13 bits per heavy atom. The van der Waals surface area contributed by atoms with Crippen molar-refractivity contribution in [2.75, 3.05) is 7.11 Å². The van der Waals surface area contributed by atoms with Gasteiger partial charge >= 0.3 is 5.97 Å². The van der Waals surface area contributed by atoms with Crippen molar-refractivity contribution >= 4 is 5.97 Å². The normalized spacial score (nSPS) is 14.5. The number of methoxy groups -OCH3 is 1. The Bertz CT molecular complexity index is 448. The van der Waals surface area contributed by atoms with E-state index in [9.17, 15) is 9.59 Å². The van der Waals surface area contributed by atoms with E-state index < -0.39 is 5.97 Å². The van der Waals surface area contributed by atoms with Crippen LogP contribution in [0, 0.1) is 0 Å². The number of aryl methyl sites for hydroxylation is 1. The summed E-state index contributed by atoms with van der Waals surface area (Å²) >= 11 is 0. The number of hydrogen-bond acceptors (Lipinski definition) is 3. The van der Waals surface area contributed by atoms with Gasteiger partial charge in [-0.1, -0.05) is 0 Å². The maximum atomic E-state index is 11.9. The summed E-state index contributed by atoms with van der Waals surface area (Å²) in [6, 6.07) is 0. The Hall–Kier alpha value is -1.58. The Kier molecular flexibility index (Phi) is 2.58. The van der Waals surface area contributed by atoms with Crippen LogP contribution in [0.4, 0.5) is 0 Å². The molecule has 0 radical (unpaired) electrons. The van der Waals surface area contributed by atoms with Crippen LogP contribution in [0.25, 0.3) is 0 Å². The predicted octanol–water partition coefficient (Wildman–Crippen LogP) is 1.04. The first-order valence-corrected chi connectivity index (χ1v) is 5.06. The second-order valence-corrected chi connectivity index (χ2v) is 3.69. The van der Waals surface area contributed by atoms with E-state index in [4.69, 9.17) is 0 Å². The number of esters is 1. The van der Waals surface area contributed by atoms with Gasteiger partial charge in [0.1, 0.15) is 5.56 Å². The van der Waals surface area contributed by atoms with Crippen molar-refractivity contribution in [1.82, 2.24) is 4.98 Å². The monoisotopic (exact) mass is 207 g/mol. The lowest BCUT2D eigenvalue weighted by Crippen LogP contribution is -2.24. The number of H-pyrrole nitrogens is 1. The minimum absolute atomic E-state index is 0.109. The third-order valence-electron chi connectivity index (χ3n) is 2.78. The molecule has 0 aromatic carbocycles. The maximum absolute atomic E-state index is 11.9. The SMILES string of the molecule is COC(=O)c1c[nH]c2c(c1=O)CCCC2. The van der Waals surface area contributed by atoms with Crippen LogP contribution >= 0.6 is 0 Å². The minimum atomic E-state index is -0.565. The molecule has 4 nitrogen and oxygen atoms in total. The van der Waals surface area contributed by atoms with Crippen LogP contribution in [0.1, 0.15) is 34.5 Å². The van der Waals surface area contributed by atoms with E-state index in [1.165, 1.54) is 13.3 Å². The van der Waals surface area contributed by atoms with Gasteiger partial charge in [-0.15, -0.1) is 0 Å². The average molecular weight is 207 g/mol. The highest BCUT2D eigenvalue weighted by atomic mass is 16.5. The number of pyridine rings is 1. The minimum Gasteiger partial charge on any atom is -0.465 e. The van der Waals surface area contributed by atoms with Crippen LogP contribution in [0.5, 0.6) is 0 Å². The van der Waals surface area contributed by atoms with E-state index in [0.29, 0.717) is 0 Å². The predicted molar refractivity (Wildman–Crippen MR) is 55.0 cm³/mol. The summed E-state index contributed by atoms with van der Waals surface area (Å²) < 4.78 is 4.55. The molecule has 1 heterocycles. The van der Waals surface area contributed by atoms with E-state index in [1.807, 2.05) is 0 Å². The molecule has 4 heteroatoms. The van der Waals surface area contributed by atoms with Gasteiger partial charge in [-0.25, -0.2) is 4.79 Å². The molecule has 1 aliphatic carbocycles. The quantitative estimate of drug-likeness (QED) is 0.700. The highest BCUT2D eigenvalue weighted by Gasteiger charge is 2.18. The van der Waals surface area contributed by atoms with Crippen molar-refractivity contribution < 1.29 is 9.53 Å². The van der Waals surface area contributed by atoms with Gasteiger partial charge in [0, 0.05) is 17.5 Å². The summed E-state index contributed by atoms with van der Waals surface area (Å²) in [6.45, 7) is 0. The van der Waals surface area contributed by atoms with Crippen LogP contribution in [0.2, 0.25) is 0 Å². The lowest BCUT2D eigenvalue weighted by atomic mass is 9.94. The molecule has 15 heavy (non-hydrogen) atoms. The molecule has 0 unspecified atom stereocenters. The van der Waals surface area contributed by atoms with Gasteiger partial charge in [-0.2, -0.15) is 0 Å². The van der Waals surface area contributed by atoms with Gasteiger partial charge in [-0.3, -0.25) is 4.79 Å². The van der Waals surface area contributed by atoms with Crippen molar-refractivity contribution in [2.24, 2.45) is 0 Å². The van der Waals surface area contributed by atoms with E-state index in [2.05, 4.69) is 9.72 Å². The molecule has 0 spiro atoms. The summed E-state index contributed by atoms with van der Waals surface area (Å²) in [5.74, 6) is -0.565. The highest BCUT2D eigenvalue weighted by molar-refractivity contribution is 5.89. The summed E-state index contributed by atoms with van der Waals surface area (Å²) in [7, 11) is 1.28. The maximum Gasteiger partial charge on any atom is 0.343 e. The van der Waals surface area contributed by atoms with Crippen LogP contribution in [-0.2, 0) is 17.6 Å². The van der Waals surface area contributed by atoms with Crippen LogP contribution < -0.4 is 5.43 Å². The number of carbonyl (C=O) groups excluding carboxylic acids is 1. The summed E-state index contributed by atoms with van der Waals surface area (Å²) in [5.41, 5.74) is 1.66. The molecule has 1 N–H and O–H groups in total. The summed E-state index contributed by atoms with van der Waals surface area (Å²) in [5, 5.41) is 0. The molecule has 1 aliphatic rings. The van der Waals surface area contributed by atoms with Crippen LogP contribution in [-0.4, -0.2) is 18.1 Å². The van der Waals surface area contributed by atoms with E-state index in [1.54, 1.807) is 0 Å². The fourth-order valence-corrected chi connectivity index (χ4v) is 1.96. The van der Waals surface area contributed by atoms with E-state index in [-0.39, 0.29) is 11.0 Å². The zero-order valence-corrected chi connectivity index (χ0v) is 8.63. The number of fused-ring (bicyclic) bond motifs is 1. The second-order valence-electron chi connectivity index (χ2n) is 3.69. The number of aromatic nitrogens is 1. The molecule has 0 fully saturated rings. The molecule has 80 valence electrons. The average Bonchev–Trinajstić information content (AvgIpc) is 2.29. The molecule has 0 bridgehead atoms. The van der Waals surface area contributed by atoms with Gasteiger partial charge in [0.2, 0.25) is 0 Å². The summed E-state index contributed by atoms with van der Waals surface area (Å²) in [6.07, 6.45) is 5.22. The Morgan fingerprint density at radius 3 is 2.87 bits per heavy atom. The van der Waals surface area contributed by atoms with Crippen molar-refractivity contribution in [2.45, 2.75) is 25.7 Å². The molecule has 0 saturated heterocycles. The lowest BCUT2D eigenvalue weighted by Gasteiger charge is -2.14. The largest absolute Gasteiger partial charge is 0.465 e. The molecular weight excluding hydrogens is 194 g/mol. The fourth-order valence-electron chi connectivity index (χ4n) is 1.96. The number of aromatic amines is 1. The van der Waals surface area contributed by atoms with Gasteiger partial charge in [0.05, 0.1) is 7.11 Å². The molecule has 0 saturated carbocycles. The van der Waals surface area contributed by atoms with Crippen LogP contribution in [0.3, 0.4) is 0 Å². The van der Waals surface area contributed by atoms with E-state index >= 15 is 0 Å². The molecule has 0 aliphatic heterocycles. The lowest BCUT2D eigenvalue weighted by molar-refractivity contribution is 0.0598. The van der Waals surface area contributed by atoms with Gasteiger partial charge in [0.15, 0.2) is 5.43 Å². The molecule has 1 aromatic heterocycles. The third-order valence-corrected chi connectivity index (χ3v) is 2.78. The molecule has 2 rings (SSSR count). The number of nitrogens with one attached hydrogen (secondary N) is 1. The standard InChI is InChI=1S/C11H13NO3/c1-15-11(14)8-6-12-9-5-3-2-4-7(9)10(8)13/h6H,2-5H2,1H3,(H,12,13). The molecular formula is C11H13NO3. The van der Waals surface area contributed by atoms with Crippen LogP contribution in [0.15, 0.2) is 11.0 Å². The molecule has 1 aromatic rings. The smallest absolute Gasteiger partial charge is 0.343 e. The zero-order valence-electron chi connectivity index (χ0n) is 8.63. The first kappa shape index (κ1) is 9.96. The van der Waals surface area contributed by atoms with Crippen molar-refractivity contribution in [3.05, 3.63) is 33.2 Å². The topological polar surface area (TPSA) is 59.2 Å². The van der Waals surface area contributed by atoms with Gasteiger partial charge < -0.3 is 9.72 Å². The second kappa shape index (κ2) is 3.88. The van der Waals surface area contributed by atoms with Gasteiger partial charge in [0.25, 0.3) is 0 Å². The number of hydrogen-bond donors (Lipinski definition) is 1. The van der Waals surface area contributed by atoms with Crippen molar-refractivity contribution in [3.8, 4) is 0 Å².